The zero-order chi connectivity index (χ0) is 17.2. The van der Waals surface area contributed by atoms with Gasteiger partial charge in [0, 0.05) is 29.5 Å². The maximum atomic E-state index is 12.1. The first-order valence-electron chi connectivity index (χ1n) is 7.68. The number of benzene rings is 1. The van der Waals surface area contributed by atoms with Crippen LogP contribution in [0.4, 0.5) is 11.6 Å². The Labute approximate surface area is 140 Å². The Kier molecular flexibility index (Phi) is 4.12. The Balaban J connectivity index is 1.80. The summed E-state index contributed by atoms with van der Waals surface area (Å²) in [4.78, 5) is 24.9. The van der Waals surface area contributed by atoms with E-state index in [1.54, 1.807) is 6.20 Å². The smallest absolute Gasteiger partial charge is 0.254 e. The van der Waals surface area contributed by atoms with Crippen LogP contribution >= 0.6 is 0 Å². The van der Waals surface area contributed by atoms with Crippen LogP contribution in [0.5, 0.6) is 0 Å². The average Bonchev–Trinajstić information content (AvgIpc) is 2.54. The summed E-state index contributed by atoms with van der Waals surface area (Å²) in [5, 5.41) is 7.06. The Bertz CT molecular complexity index is 863. The van der Waals surface area contributed by atoms with Crippen molar-refractivity contribution in [3.05, 3.63) is 54.5 Å². The van der Waals surface area contributed by atoms with E-state index in [2.05, 4.69) is 25.6 Å². The number of amides is 1. The molecule has 6 nitrogen and oxygen atoms in total. The van der Waals surface area contributed by atoms with Crippen LogP contribution in [0.3, 0.4) is 0 Å². The van der Waals surface area contributed by atoms with Gasteiger partial charge >= 0.3 is 0 Å². The Morgan fingerprint density at radius 1 is 1.00 bits per heavy atom. The standard InChI is InChI=1S/C18H19N5O/c1-18(2,3)23-16(24)13-10-20-17(21-11-13)22-14-8-4-6-12-7-5-9-19-15(12)14/h4-11H,1-3H3,(H,23,24)(H,20,21,22). The number of fused-ring (bicyclic) bond motifs is 1. The summed E-state index contributed by atoms with van der Waals surface area (Å²) < 4.78 is 0. The molecule has 0 spiro atoms. The Hall–Kier alpha value is -3.02. The molecule has 2 heterocycles. The fourth-order valence-electron chi connectivity index (χ4n) is 2.25. The van der Waals surface area contributed by atoms with Crippen LogP contribution in [0.25, 0.3) is 10.9 Å². The molecule has 1 amide bonds. The second-order valence-electron chi connectivity index (χ2n) is 6.51. The number of pyridine rings is 1. The van der Waals surface area contributed by atoms with Crippen molar-refractivity contribution >= 4 is 28.4 Å². The van der Waals surface area contributed by atoms with E-state index in [0.29, 0.717) is 11.5 Å². The maximum absolute atomic E-state index is 12.1. The number of carbonyl (C=O) groups excluding carboxylic acids is 1. The van der Waals surface area contributed by atoms with E-state index >= 15 is 0 Å². The molecule has 0 radical (unpaired) electrons. The van der Waals surface area contributed by atoms with Gasteiger partial charge in [-0.1, -0.05) is 18.2 Å². The number of anilines is 2. The predicted molar refractivity (Wildman–Crippen MR) is 94.3 cm³/mol. The van der Waals surface area contributed by atoms with E-state index in [-0.39, 0.29) is 11.4 Å². The van der Waals surface area contributed by atoms with Gasteiger partial charge in [-0.15, -0.1) is 0 Å². The number of carbonyl (C=O) groups is 1. The highest BCUT2D eigenvalue weighted by atomic mass is 16.1. The molecule has 0 fully saturated rings. The summed E-state index contributed by atoms with van der Waals surface area (Å²) in [6, 6.07) is 9.74. The molecule has 0 saturated heterocycles. The molecule has 0 saturated carbocycles. The fourth-order valence-corrected chi connectivity index (χ4v) is 2.25. The molecule has 0 aliphatic carbocycles. The van der Waals surface area contributed by atoms with Crippen molar-refractivity contribution in [2.24, 2.45) is 0 Å². The van der Waals surface area contributed by atoms with Gasteiger partial charge in [0.15, 0.2) is 0 Å². The maximum Gasteiger partial charge on any atom is 0.254 e. The topological polar surface area (TPSA) is 79.8 Å². The summed E-state index contributed by atoms with van der Waals surface area (Å²) in [5.41, 5.74) is 1.78. The number of hydrogen-bond acceptors (Lipinski definition) is 5. The third-order valence-electron chi connectivity index (χ3n) is 3.28. The molecule has 2 aromatic heterocycles. The first kappa shape index (κ1) is 15.9. The molecule has 0 aliphatic heterocycles. The predicted octanol–water partition coefficient (Wildman–Crippen LogP) is 3.30. The second kappa shape index (κ2) is 6.23. The summed E-state index contributed by atoms with van der Waals surface area (Å²) in [7, 11) is 0. The van der Waals surface area contributed by atoms with Crippen LogP contribution in [-0.4, -0.2) is 26.4 Å². The van der Waals surface area contributed by atoms with Gasteiger partial charge in [-0.05, 0) is 32.9 Å². The number of hydrogen-bond donors (Lipinski definition) is 2. The quantitative estimate of drug-likeness (QED) is 0.774. The van der Waals surface area contributed by atoms with Gasteiger partial charge in [-0.2, -0.15) is 0 Å². The molecule has 24 heavy (non-hydrogen) atoms. The highest BCUT2D eigenvalue weighted by Gasteiger charge is 2.16. The minimum atomic E-state index is -0.303. The van der Waals surface area contributed by atoms with Crippen molar-refractivity contribution in [3.63, 3.8) is 0 Å². The number of rotatable bonds is 3. The number of aromatic nitrogens is 3. The first-order chi connectivity index (χ1) is 11.4. The normalized spacial score (nSPS) is 11.3. The summed E-state index contributed by atoms with van der Waals surface area (Å²) in [5.74, 6) is 0.223. The Morgan fingerprint density at radius 2 is 1.71 bits per heavy atom. The number of para-hydroxylation sites is 1. The van der Waals surface area contributed by atoms with Gasteiger partial charge in [0.2, 0.25) is 5.95 Å². The molecule has 6 heteroatoms. The molecule has 3 rings (SSSR count). The lowest BCUT2D eigenvalue weighted by molar-refractivity contribution is 0.0919. The van der Waals surface area contributed by atoms with Gasteiger partial charge in [0.1, 0.15) is 0 Å². The van der Waals surface area contributed by atoms with E-state index in [9.17, 15) is 4.79 Å². The average molecular weight is 321 g/mol. The van der Waals surface area contributed by atoms with Crippen LogP contribution in [0, 0.1) is 0 Å². The van der Waals surface area contributed by atoms with Crippen LogP contribution < -0.4 is 10.6 Å². The highest BCUT2D eigenvalue weighted by molar-refractivity contribution is 5.94. The summed E-state index contributed by atoms with van der Waals surface area (Å²) in [6.07, 6.45) is 4.76. The summed E-state index contributed by atoms with van der Waals surface area (Å²) >= 11 is 0. The van der Waals surface area contributed by atoms with Gasteiger partial charge < -0.3 is 10.6 Å². The molecule has 0 atom stereocenters. The van der Waals surface area contributed by atoms with Crippen LogP contribution in [0.15, 0.2) is 48.9 Å². The van der Waals surface area contributed by atoms with E-state index in [1.165, 1.54) is 12.4 Å². The fraction of sp³-hybridized carbons (Fsp3) is 0.222. The number of nitrogens with zero attached hydrogens (tertiary/aromatic N) is 3. The largest absolute Gasteiger partial charge is 0.347 e. The molecule has 1 aromatic carbocycles. The van der Waals surface area contributed by atoms with Gasteiger partial charge in [0.25, 0.3) is 5.91 Å². The first-order valence-corrected chi connectivity index (χ1v) is 7.68. The monoisotopic (exact) mass is 321 g/mol. The van der Waals surface area contributed by atoms with E-state index in [4.69, 9.17) is 0 Å². The third-order valence-corrected chi connectivity index (χ3v) is 3.28. The molecule has 122 valence electrons. The van der Waals surface area contributed by atoms with Crippen molar-refractivity contribution in [2.45, 2.75) is 26.3 Å². The van der Waals surface area contributed by atoms with Crippen molar-refractivity contribution < 1.29 is 4.79 Å². The molecule has 0 unspecified atom stereocenters. The van der Waals surface area contributed by atoms with E-state index < -0.39 is 0 Å². The Morgan fingerprint density at radius 3 is 2.42 bits per heavy atom. The van der Waals surface area contributed by atoms with Gasteiger partial charge in [0.05, 0.1) is 16.8 Å². The van der Waals surface area contributed by atoms with Crippen molar-refractivity contribution in [1.29, 1.82) is 0 Å². The molecular weight excluding hydrogens is 302 g/mol. The lowest BCUT2D eigenvalue weighted by Crippen LogP contribution is -2.40. The molecule has 0 aliphatic rings. The summed E-state index contributed by atoms with van der Waals surface area (Å²) in [6.45, 7) is 5.78. The molecule has 3 aromatic rings. The third kappa shape index (κ3) is 3.65. The van der Waals surface area contributed by atoms with Crippen LogP contribution in [-0.2, 0) is 0 Å². The van der Waals surface area contributed by atoms with E-state index in [1.807, 2.05) is 51.1 Å². The van der Waals surface area contributed by atoms with E-state index in [0.717, 1.165) is 16.6 Å². The minimum absolute atomic E-state index is 0.194. The molecule has 2 N–H and O–H groups in total. The van der Waals surface area contributed by atoms with Crippen LogP contribution in [0.2, 0.25) is 0 Å². The molecule has 0 bridgehead atoms. The van der Waals surface area contributed by atoms with Crippen LogP contribution in [0.1, 0.15) is 31.1 Å². The highest BCUT2D eigenvalue weighted by Crippen LogP contribution is 2.22. The van der Waals surface area contributed by atoms with Crippen molar-refractivity contribution in [2.75, 3.05) is 5.32 Å². The zero-order valence-electron chi connectivity index (χ0n) is 13.9. The lowest BCUT2D eigenvalue weighted by atomic mass is 10.1. The lowest BCUT2D eigenvalue weighted by Gasteiger charge is -2.20. The minimum Gasteiger partial charge on any atom is -0.347 e. The van der Waals surface area contributed by atoms with Crippen molar-refractivity contribution in [3.8, 4) is 0 Å². The van der Waals surface area contributed by atoms with Gasteiger partial charge in [-0.3, -0.25) is 9.78 Å². The SMILES string of the molecule is CC(C)(C)NC(=O)c1cnc(Nc2cccc3cccnc23)nc1. The number of nitrogens with one attached hydrogen (secondary N) is 2. The van der Waals surface area contributed by atoms with Crippen molar-refractivity contribution in [1.82, 2.24) is 20.3 Å². The second-order valence-corrected chi connectivity index (χ2v) is 6.51. The zero-order valence-corrected chi connectivity index (χ0v) is 13.9. The molecular formula is C18H19N5O. The van der Waals surface area contributed by atoms with Gasteiger partial charge in [-0.25, -0.2) is 9.97 Å².